The van der Waals surface area contributed by atoms with Gasteiger partial charge in [0.2, 0.25) is 5.91 Å². The highest BCUT2D eigenvalue weighted by Crippen LogP contribution is 2.14. The number of para-hydroxylation sites is 1. The number of aromatic amines is 1. The summed E-state index contributed by atoms with van der Waals surface area (Å²) in [5.74, 6) is -0.663. The maximum atomic E-state index is 12.3. The molecule has 7 heteroatoms. The SMILES string of the molecule is CC(NC(=O)c1n[nH]c2ccccc12)C(=O)NCc1cccnc1. The van der Waals surface area contributed by atoms with Crippen LogP contribution in [0.1, 0.15) is 23.0 Å². The summed E-state index contributed by atoms with van der Waals surface area (Å²) in [5, 5.41) is 13.0. The van der Waals surface area contributed by atoms with Crippen molar-refractivity contribution < 1.29 is 9.59 Å². The van der Waals surface area contributed by atoms with Crippen molar-refractivity contribution in [1.82, 2.24) is 25.8 Å². The predicted molar refractivity (Wildman–Crippen MR) is 89.1 cm³/mol. The summed E-state index contributed by atoms with van der Waals surface area (Å²) in [7, 11) is 0. The fraction of sp³-hybridized carbons (Fsp3) is 0.176. The highest BCUT2D eigenvalue weighted by Gasteiger charge is 2.19. The molecule has 0 aliphatic rings. The quantitative estimate of drug-likeness (QED) is 0.660. The van der Waals surface area contributed by atoms with Crippen LogP contribution in [0.2, 0.25) is 0 Å². The van der Waals surface area contributed by atoms with Crippen LogP contribution < -0.4 is 10.6 Å². The van der Waals surface area contributed by atoms with E-state index in [4.69, 9.17) is 0 Å². The Hall–Kier alpha value is -3.22. The van der Waals surface area contributed by atoms with Crippen LogP contribution >= 0.6 is 0 Å². The lowest BCUT2D eigenvalue weighted by Gasteiger charge is -2.13. The molecule has 0 aliphatic carbocycles. The first-order valence-electron chi connectivity index (χ1n) is 7.56. The van der Waals surface area contributed by atoms with Crippen molar-refractivity contribution in [3.05, 3.63) is 60.0 Å². The molecule has 0 fully saturated rings. The van der Waals surface area contributed by atoms with Gasteiger partial charge in [-0.05, 0) is 24.6 Å². The van der Waals surface area contributed by atoms with E-state index in [1.165, 1.54) is 0 Å². The molecular weight excluding hydrogens is 306 g/mol. The van der Waals surface area contributed by atoms with Crippen LogP contribution in [0.4, 0.5) is 0 Å². The minimum Gasteiger partial charge on any atom is -0.350 e. The minimum atomic E-state index is -0.676. The molecule has 2 heterocycles. The Morgan fingerprint density at radius 2 is 2.04 bits per heavy atom. The van der Waals surface area contributed by atoms with Gasteiger partial charge < -0.3 is 10.6 Å². The van der Waals surface area contributed by atoms with E-state index in [0.717, 1.165) is 16.5 Å². The van der Waals surface area contributed by atoms with Crippen molar-refractivity contribution in [3.63, 3.8) is 0 Å². The topological polar surface area (TPSA) is 99.8 Å². The fourth-order valence-corrected chi connectivity index (χ4v) is 2.31. The van der Waals surface area contributed by atoms with Crippen molar-refractivity contribution in [2.45, 2.75) is 19.5 Å². The monoisotopic (exact) mass is 323 g/mol. The van der Waals surface area contributed by atoms with E-state index >= 15 is 0 Å². The van der Waals surface area contributed by atoms with Crippen LogP contribution in [0.5, 0.6) is 0 Å². The summed E-state index contributed by atoms with van der Waals surface area (Å²) >= 11 is 0. The van der Waals surface area contributed by atoms with Crippen LogP contribution in [0.15, 0.2) is 48.8 Å². The van der Waals surface area contributed by atoms with Crippen molar-refractivity contribution in [2.24, 2.45) is 0 Å². The third-order valence-corrected chi connectivity index (χ3v) is 3.62. The Balaban J connectivity index is 1.60. The third kappa shape index (κ3) is 3.40. The van der Waals surface area contributed by atoms with Gasteiger partial charge in [-0.2, -0.15) is 5.10 Å². The zero-order valence-corrected chi connectivity index (χ0v) is 13.1. The number of H-pyrrole nitrogens is 1. The third-order valence-electron chi connectivity index (χ3n) is 3.62. The molecule has 3 aromatic rings. The second-order valence-corrected chi connectivity index (χ2v) is 5.39. The first kappa shape index (κ1) is 15.7. The zero-order chi connectivity index (χ0) is 16.9. The Labute approximate surface area is 138 Å². The van der Waals surface area contributed by atoms with E-state index < -0.39 is 11.9 Å². The number of hydrogen-bond donors (Lipinski definition) is 3. The number of carbonyl (C=O) groups excluding carboxylic acids is 2. The van der Waals surface area contributed by atoms with E-state index in [0.29, 0.717) is 6.54 Å². The van der Waals surface area contributed by atoms with Crippen LogP contribution in [-0.4, -0.2) is 33.0 Å². The second kappa shape index (κ2) is 6.91. The van der Waals surface area contributed by atoms with Gasteiger partial charge in [0.25, 0.3) is 5.91 Å². The Morgan fingerprint density at radius 1 is 1.21 bits per heavy atom. The van der Waals surface area contributed by atoms with Crippen molar-refractivity contribution in [2.75, 3.05) is 0 Å². The van der Waals surface area contributed by atoms with E-state index in [-0.39, 0.29) is 11.6 Å². The molecule has 0 radical (unpaired) electrons. The molecule has 2 amide bonds. The molecule has 1 aromatic carbocycles. The van der Waals surface area contributed by atoms with Gasteiger partial charge in [-0.25, -0.2) is 0 Å². The molecule has 0 saturated carbocycles. The molecule has 7 nitrogen and oxygen atoms in total. The van der Waals surface area contributed by atoms with E-state index in [9.17, 15) is 9.59 Å². The summed E-state index contributed by atoms with van der Waals surface area (Å²) in [6.45, 7) is 1.99. The maximum absolute atomic E-state index is 12.3. The zero-order valence-electron chi connectivity index (χ0n) is 13.1. The number of pyridine rings is 1. The maximum Gasteiger partial charge on any atom is 0.273 e. The normalized spacial score (nSPS) is 11.9. The molecule has 2 aromatic heterocycles. The van der Waals surface area contributed by atoms with Gasteiger partial charge in [-0.1, -0.05) is 24.3 Å². The highest BCUT2D eigenvalue weighted by molar-refractivity contribution is 6.05. The van der Waals surface area contributed by atoms with E-state index in [2.05, 4.69) is 25.8 Å². The van der Waals surface area contributed by atoms with Gasteiger partial charge in [0, 0.05) is 24.3 Å². The van der Waals surface area contributed by atoms with Gasteiger partial charge in [0.1, 0.15) is 6.04 Å². The van der Waals surface area contributed by atoms with Gasteiger partial charge >= 0.3 is 0 Å². The lowest BCUT2D eigenvalue weighted by atomic mass is 10.2. The molecular formula is C17H17N5O2. The Kier molecular flexibility index (Phi) is 4.51. The summed E-state index contributed by atoms with van der Waals surface area (Å²) in [6, 6.07) is 10.3. The number of aromatic nitrogens is 3. The van der Waals surface area contributed by atoms with Crippen molar-refractivity contribution in [1.29, 1.82) is 0 Å². The number of nitrogens with one attached hydrogen (secondary N) is 3. The first-order chi connectivity index (χ1) is 11.6. The fourth-order valence-electron chi connectivity index (χ4n) is 2.31. The van der Waals surface area contributed by atoms with Crippen LogP contribution in [-0.2, 0) is 11.3 Å². The molecule has 0 spiro atoms. The average Bonchev–Trinajstić information content (AvgIpc) is 3.04. The molecule has 1 unspecified atom stereocenters. The highest BCUT2D eigenvalue weighted by atomic mass is 16.2. The number of amides is 2. The van der Waals surface area contributed by atoms with Crippen LogP contribution in [0.25, 0.3) is 10.9 Å². The number of rotatable bonds is 5. The van der Waals surface area contributed by atoms with Crippen LogP contribution in [0.3, 0.4) is 0 Å². The molecule has 122 valence electrons. The van der Waals surface area contributed by atoms with Gasteiger partial charge in [0.15, 0.2) is 5.69 Å². The standard InChI is InChI=1S/C17H17N5O2/c1-11(16(23)19-10-12-5-4-8-18-9-12)20-17(24)15-13-6-2-3-7-14(13)21-22-15/h2-9,11H,10H2,1H3,(H,19,23)(H,20,24)(H,21,22). The molecule has 3 N–H and O–H groups in total. The van der Waals surface area contributed by atoms with Gasteiger partial charge in [-0.3, -0.25) is 19.7 Å². The van der Waals surface area contributed by atoms with Gasteiger partial charge in [0.05, 0.1) is 5.52 Å². The molecule has 0 aliphatic heterocycles. The largest absolute Gasteiger partial charge is 0.350 e. The Bertz CT molecular complexity index is 860. The lowest BCUT2D eigenvalue weighted by molar-refractivity contribution is -0.122. The number of carbonyl (C=O) groups is 2. The van der Waals surface area contributed by atoms with Crippen LogP contribution in [0, 0.1) is 0 Å². The predicted octanol–water partition coefficient (Wildman–Crippen LogP) is 1.39. The van der Waals surface area contributed by atoms with E-state index in [1.54, 1.807) is 31.5 Å². The van der Waals surface area contributed by atoms with Crippen molar-refractivity contribution >= 4 is 22.7 Å². The molecule has 0 saturated heterocycles. The van der Waals surface area contributed by atoms with Crippen molar-refractivity contribution in [3.8, 4) is 0 Å². The number of hydrogen-bond acceptors (Lipinski definition) is 4. The number of benzene rings is 1. The Morgan fingerprint density at radius 3 is 2.83 bits per heavy atom. The van der Waals surface area contributed by atoms with E-state index in [1.807, 2.05) is 24.3 Å². The second-order valence-electron chi connectivity index (χ2n) is 5.39. The molecule has 24 heavy (non-hydrogen) atoms. The number of nitrogens with zero attached hydrogens (tertiary/aromatic N) is 2. The summed E-state index contributed by atoms with van der Waals surface area (Å²) in [5.41, 5.74) is 1.94. The molecule has 0 bridgehead atoms. The first-order valence-corrected chi connectivity index (χ1v) is 7.56. The molecule has 3 rings (SSSR count). The lowest BCUT2D eigenvalue weighted by Crippen LogP contribution is -2.44. The average molecular weight is 323 g/mol. The minimum absolute atomic E-state index is 0.271. The summed E-state index contributed by atoms with van der Waals surface area (Å²) < 4.78 is 0. The smallest absolute Gasteiger partial charge is 0.273 e. The molecule has 1 atom stereocenters. The number of fused-ring (bicyclic) bond motifs is 1. The summed E-state index contributed by atoms with van der Waals surface area (Å²) in [4.78, 5) is 28.4. The summed E-state index contributed by atoms with van der Waals surface area (Å²) in [6.07, 6.45) is 3.35. The van der Waals surface area contributed by atoms with Gasteiger partial charge in [-0.15, -0.1) is 0 Å².